The van der Waals surface area contributed by atoms with E-state index in [9.17, 15) is 9.59 Å². The first-order valence-electron chi connectivity index (χ1n) is 10.8. The summed E-state index contributed by atoms with van der Waals surface area (Å²) in [6.45, 7) is 0.988. The number of carbonyl (C=O) groups excluding carboxylic acids is 2. The highest BCUT2D eigenvalue weighted by Crippen LogP contribution is 2.38. The summed E-state index contributed by atoms with van der Waals surface area (Å²) < 4.78 is 5.40. The van der Waals surface area contributed by atoms with Crippen LogP contribution in [0.5, 0.6) is 5.75 Å². The number of carbonyl (C=O) groups is 2. The number of amides is 2. The molecule has 166 valence electrons. The normalized spacial score (nSPS) is 17.9. The van der Waals surface area contributed by atoms with Crippen molar-refractivity contribution in [1.82, 2.24) is 10.2 Å². The van der Waals surface area contributed by atoms with Gasteiger partial charge in [-0.15, -0.1) is 11.3 Å². The molecule has 0 unspecified atom stereocenters. The van der Waals surface area contributed by atoms with E-state index in [0.29, 0.717) is 31.7 Å². The zero-order valence-corrected chi connectivity index (χ0v) is 19.3. The molecule has 1 N–H and O–H groups in total. The van der Waals surface area contributed by atoms with Gasteiger partial charge in [0.25, 0.3) is 0 Å². The molecule has 1 aliphatic heterocycles. The molecule has 2 aromatic carbocycles. The van der Waals surface area contributed by atoms with Crippen molar-refractivity contribution in [2.75, 3.05) is 27.2 Å². The van der Waals surface area contributed by atoms with Crippen LogP contribution in [0.15, 0.2) is 66.0 Å². The van der Waals surface area contributed by atoms with Gasteiger partial charge in [-0.2, -0.15) is 0 Å². The van der Waals surface area contributed by atoms with Gasteiger partial charge in [0, 0.05) is 30.6 Å². The first-order chi connectivity index (χ1) is 15.6. The minimum atomic E-state index is -0.640. The molecular weight excluding hydrogens is 420 g/mol. The molecule has 32 heavy (non-hydrogen) atoms. The number of benzene rings is 2. The Bertz CT molecular complexity index is 1100. The molecule has 1 aliphatic rings. The standard InChI is InChI=1S/C26H28N2O3S/c1-27-25(30)26(17-20-9-3-5-10-21(20)23-12-7-15-32-23)13-14-28(18-26)24(29)16-19-8-4-6-11-22(19)31-2/h3-12,15H,13-14,16-18H2,1-2H3,(H,27,30)/t26-/m1/s1. The average molecular weight is 449 g/mol. The molecule has 1 saturated heterocycles. The molecule has 1 atom stereocenters. The van der Waals surface area contributed by atoms with Gasteiger partial charge in [0.1, 0.15) is 5.75 Å². The van der Waals surface area contributed by atoms with Crippen LogP contribution in [0, 0.1) is 5.41 Å². The fourth-order valence-electron chi connectivity index (χ4n) is 4.60. The first kappa shape index (κ1) is 22.1. The summed E-state index contributed by atoms with van der Waals surface area (Å²) in [6.07, 6.45) is 1.50. The lowest BCUT2D eigenvalue weighted by molar-refractivity contribution is -0.132. The second-order valence-electron chi connectivity index (χ2n) is 8.22. The van der Waals surface area contributed by atoms with Gasteiger partial charge in [0.2, 0.25) is 11.8 Å². The molecule has 0 spiro atoms. The SMILES string of the molecule is CNC(=O)[C@@]1(Cc2ccccc2-c2cccs2)CCN(C(=O)Cc2ccccc2OC)C1. The highest BCUT2D eigenvalue weighted by atomic mass is 32.1. The predicted molar refractivity (Wildman–Crippen MR) is 128 cm³/mol. The first-order valence-corrected chi connectivity index (χ1v) is 11.7. The van der Waals surface area contributed by atoms with Gasteiger partial charge >= 0.3 is 0 Å². The third-order valence-corrected chi connectivity index (χ3v) is 7.19. The van der Waals surface area contributed by atoms with Crippen molar-refractivity contribution in [2.24, 2.45) is 5.41 Å². The number of para-hydroxylation sites is 1. The van der Waals surface area contributed by atoms with Crippen molar-refractivity contribution < 1.29 is 14.3 Å². The number of nitrogens with zero attached hydrogens (tertiary/aromatic N) is 1. The number of thiophene rings is 1. The molecule has 0 bridgehead atoms. The Morgan fingerprint density at radius 2 is 1.81 bits per heavy atom. The Morgan fingerprint density at radius 3 is 2.53 bits per heavy atom. The van der Waals surface area contributed by atoms with E-state index in [4.69, 9.17) is 4.74 Å². The van der Waals surface area contributed by atoms with E-state index in [0.717, 1.165) is 16.7 Å². The number of methoxy groups -OCH3 is 1. The maximum atomic E-state index is 13.1. The van der Waals surface area contributed by atoms with Crippen LogP contribution in [0.4, 0.5) is 0 Å². The zero-order chi connectivity index (χ0) is 22.6. The van der Waals surface area contributed by atoms with Gasteiger partial charge in [0.05, 0.1) is 18.9 Å². The summed E-state index contributed by atoms with van der Waals surface area (Å²) >= 11 is 1.69. The lowest BCUT2D eigenvalue weighted by atomic mass is 9.78. The minimum Gasteiger partial charge on any atom is -0.496 e. The van der Waals surface area contributed by atoms with Gasteiger partial charge in [-0.3, -0.25) is 9.59 Å². The van der Waals surface area contributed by atoms with Crippen molar-refractivity contribution in [3.63, 3.8) is 0 Å². The third-order valence-electron chi connectivity index (χ3n) is 6.28. The Labute approximate surface area is 193 Å². The summed E-state index contributed by atoms with van der Waals surface area (Å²) in [7, 11) is 3.29. The third kappa shape index (κ3) is 4.41. The van der Waals surface area contributed by atoms with E-state index in [1.54, 1.807) is 25.5 Å². The summed E-state index contributed by atoms with van der Waals surface area (Å²) in [4.78, 5) is 29.2. The molecular formula is C26H28N2O3S. The van der Waals surface area contributed by atoms with E-state index >= 15 is 0 Å². The number of hydrogen-bond acceptors (Lipinski definition) is 4. The second kappa shape index (κ2) is 9.57. The molecule has 6 heteroatoms. The molecule has 0 radical (unpaired) electrons. The molecule has 0 aliphatic carbocycles. The Hall–Kier alpha value is -3.12. The lowest BCUT2D eigenvalue weighted by Gasteiger charge is -2.28. The van der Waals surface area contributed by atoms with Gasteiger partial charge in [-0.25, -0.2) is 0 Å². The predicted octanol–water partition coefficient (Wildman–Crippen LogP) is 4.17. The quantitative estimate of drug-likeness (QED) is 0.590. The van der Waals surface area contributed by atoms with Crippen molar-refractivity contribution in [3.8, 4) is 16.2 Å². The topological polar surface area (TPSA) is 58.6 Å². The van der Waals surface area contributed by atoms with Crippen LogP contribution in [0.25, 0.3) is 10.4 Å². The van der Waals surface area contributed by atoms with Gasteiger partial charge in [-0.1, -0.05) is 48.5 Å². The minimum absolute atomic E-state index is 0.00826. The fourth-order valence-corrected chi connectivity index (χ4v) is 5.38. The number of likely N-dealkylation sites (tertiary alicyclic amines) is 1. The van der Waals surface area contributed by atoms with E-state index in [1.807, 2.05) is 47.4 Å². The molecule has 2 heterocycles. The summed E-state index contributed by atoms with van der Waals surface area (Å²) in [6, 6.07) is 20.0. The summed E-state index contributed by atoms with van der Waals surface area (Å²) in [5.74, 6) is 0.723. The molecule has 5 nitrogen and oxygen atoms in total. The Morgan fingerprint density at radius 1 is 1.06 bits per heavy atom. The van der Waals surface area contributed by atoms with E-state index < -0.39 is 5.41 Å². The van der Waals surface area contributed by atoms with Crippen molar-refractivity contribution in [2.45, 2.75) is 19.3 Å². The largest absolute Gasteiger partial charge is 0.496 e. The van der Waals surface area contributed by atoms with Crippen LogP contribution in [-0.2, 0) is 22.4 Å². The Balaban J connectivity index is 1.57. The van der Waals surface area contributed by atoms with Crippen LogP contribution < -0.4 is 10.1 Å². The molecule has 3 aromatic rings. The van der Waals surface area contributed by atoms with E-state index in [-0.39, 0.29) is 18.2 Å². The zero-order valence-electron chi connectivity index (χ0n) is 18.5. The van der Waals surface area contributed by atoms with Crippen LogP contribution in [-0.4, -0.2) is 44.0 Å². The smallest absolute Gasteiger partial charge is 0.228 e. The van der Waals surface area contributed by atoms with Crippen molar-refractivity contribution >= 4 is 23.2 Å². The molecule has 4 rings (SSSR count). The molecule has 1 aromatic heterocycles. The number of hydrogen-bond donors (Lipinski definition) is 1. The van der Waals surface area contributed by atoms with Crippen LogP contribution in [0.3, 0.4) is 0 Å². The van der Waals surface area contributed by atoms with Gasteiger partial charge in [0.15, 0.2) is 0 Å². The van der Waals surface area contributed by atoms with Crippen LogP contribution >= 0.6 is 11.3 Å². The van der Waals surface area contributed by atoms with Crippen molar-refractivity contribution in [3.05, 3.63) is 77.2 Å². The molecule has 2 amide bonds. The summed E-state index contributed by atoms with van der Waals surface area (Å²) in [5, 5.41) is 4.92. The maximum absolute atomic E-state index is 13.1. The van der Waals surface area contributed by atoms with Crippen LogP contribution in [0.1, 0.15) is 17.5 Å². The Kier molecular flexibility index (Phi) is 6.61. The molecule has 1 fully saturated rings. The van der Waals surface area contributed by atoms with E-state index in [2.05, 4.69) is 28.9 Å². The van der Waals surface area contributed by atoms with E-state index in [1.165, 1.54) is 4.88 Å². The number of ether oxygens (including phenoxy) is 1. The maximum Gasteiger partial charge on any atom is 0.228 e. The highest BCUT2D eigenvalue weighted by Gasteiger charge is 2.45. The summed E-state index contributed by atoms with van der Waals surface area (Å²) in [5.41, 5.74) is 2.51. The van der Waals surface area contributed by atoms with Crippen LogP contribution in [0.2, 0.25) is 0 Å². The van der Waals surface area contributed by atoms with Crippen molar-refractivity contribution in [1.29, 1.82) is 0 Å². The fraction of sp³-hybridized carbons (Fsp3) is 0.308. The monoisotopic (exact) mass is 448 g/mol. The highest BCUT2D eigenvalue weighted by molar-refractivity contribution is 7.13. The number of rotatable bonds is 7. The molecule has 0 saturated carbocycles. The van der Waals surface area contributed by atoms with Gasteiger partial charge in [-0.05, 0) is 41.5 Å². The second-order valence-corrected chi connectivity index (χ2v) is 9.17. The van der Waals surface area contributed by atoms with Gasteiger partial charge < -0.3 is 15.0 Å². The average Bonchev–Trinajstić information content (AvgIpc) is 3.50. The lowest BCUT2D eigenvalue weighted by Crippen LogP contribution is -2.44. The number of nitrogens with one attached hydrogen (secondary N) is 1.